The van der Waals surface area contributed by atoms with E-state index in [0.717, 1.165) is 36.5 Å². The Morgan fingerprint density at radius 3 is 2.27 bits per heavy atom. The molecule has 0 saturated carbocycles. The Labute approximate surface area is 159 Å². The maximum Gasteiger partial charge on any atom is 0.137 e. The van der Waals surface area contributed by atoms with E-state index in [2.05, 4.69) is 54.9 Å². The van der Waals surface area contributed by atoms with Crippen LogP contribution in [0, 0.1) is 11.8 Å². The summed E-state index contributed by atoms with van der Waals surface area (Å²) in [6.45, 7) is 5.15. The number of aryl methyl sites for hydroxylation is 1. The Bertz CT molecular complexity index is 677. The molecule has 0 aliphatic heterocycles. The number of hydrogen-bond acceptors (Lipinski definition) is 2. The van der Waals surface area contributed by atoms with Crippen molar-refractivity contribution in [3.63, 3.8) is 0 Å². The minimum Gasteiger partial charge on any atom is -0.492 e. The van der Waals surface area contributed by atoms with E-state index in [-0.39, 0.29) is 0 Å². The number of rotatable bonds is 10. The summed E-state index contributed by atoms with van der Waals surface area (Å²) in [4.78, 5) is 4.36. The number of unbranched alkanes of at least 4 members (excludes halogenated alkanes) is 5. The summed E-state index contributed by atoms with van der Waals surface area (Å²) in [5, 5.41) is 0. The quantitative estimate of drug-likeness (QED) is 0.378. The Morgan fingerprint density at radius 2 is 1.58 bits per heavy atom. The van der Waals surface area contributed by atoms with Crippen LogP contribution in [-0.4, -0.2) is 11.6 Å². The molecule has 1 heterocycles. The van der Waals surface area contributed by atoms with Gasteiger partial charge in [0.15, 0.2) is 0 Å². The van der Waals surface area contributed by atoms with Gasteiger partial charge in [0.1, 0.15) is 11.4 Å². The summed E-state index contributed by atoms with van der Waals surface area (Å²) in [5.74, 6) is 7.13. The zero-order chi connectivity index (χ0) is 18.5. The summed E-state index contributed by atoms with van der Waals surface area (Å²) in [6, 6.07) is 12.5. The molecule has 0 aliphatic rings. The summed E-state index contributed by atoms with van der Waals surface area (Å²) in [6.07, 6.45) is 11.7. The lowest BCUT2D eigenvalue weighted by molar-refractivity contribution is 0.308. The number of benzene rings is 1. The summed E-state index contributed by atoms with van der Waals surface area (Å²) >= 11 is 0. The van der Waals surface area contributed by atoms with E-state index in [0.29, 0.717) is 0 Å². The maximum atomic E-state index is 5.62. The van der Waals surface area contributed by atoms with E-state index in [4.69, 9.17) is 4.74 Å². The van der Waals surface area contributed by atoms with Crippen LogP contribution in [0.25, 0.3) is 0 Å². The molecule has 26 heavy (non-hydrogen) atoms. The Morgan fingerprint density at radius 1 is 0.808 bits per heavy atom. The summed E-state index contributed by atoms with van der Waals surface area (Å²) in [5.41, 5.74) is 3.21. The predicted octanol–water partition coefficient (Wildman–Crippen LogP) is 6.17. The Balaban J connectivity index is 1.81. The number of hydrogen-bond donors (Lipinski definition) is 0. The van der Waals surface area contributed by atoms with Gasteiger partial charge in [0.2, 0.25) is 0 Å². The molecule has 0 spiro atoms. The van der Waals surface area contributed by atoms with Gasteiger partial charge in [0.25, 0.3) is 0 Å². The first-order chi connectivity index (χ1) is 12.8. The van der Waals surface area contributed by atoms with Crippen LogP contribution in [0.15, 0.2) is 42.6 Å². The van der Waals surface area contributed by atoms with Crippen LogP contribution >= 0.6 is 0 Å². The molecular weight excluding hydrogens is 318 g/mol. The van der Waals surface area contributed by atoms with Crippen molar-refractivity contribution in [2.45, 2.75) is 65.2 Å². The first-order valence-electron chi connectivity index (χ1n) is 10.0. The van der Waals surface area contributed by atoms with Crippen LogP contribution in [-0.2, 0) is 6.42 Å². The zero-order valence-corrected chi connectivity index (χ0v) is 16.3. The summed E-state index contributed by atoms with van der Waals surface area (Å²) in [7, 11) is 0. The highest BCUT2D eigenvalue weighted by molar-refractivity contribution is 5.41. The van der Waals surface area contributed by atoms with Gasteiger partial charge >= 0.3 is 0 Å². The second-order valence-electron chi connectivity index (χ2n) is 6.69. The van der Waals surface area contributed by atoms with Crippen molar-refractivity contribution in [3.05, 3.63) is 59.4 Å². The van der Waals surface area contributed by atoms with E-state index in [1.807, 2.05) is 12.1 Å². The molecule has 0 atom stereocenters. The van der Waals surface area contributed by atoms with Gasteiger partial charge in [-0.3, -0.25) is 0 Å². The fourth-order valence-corrected chi connectivity index (χ4v) is 2.70. The largest absolute Gasteiger partial charge is 0.492 e. The van der Waals surface area contributed by atoms with Crippen molar-refractivity contribution >= 4 is 0 Å². The van der Waals surface area contributed by atoms with E-state index in [1.54, 1.807) is 6.20 Å². The molecule has 2 heteroatoms. The van der Waals surface area contributed by atoms with Crippen LogP contribution < -0.4 is 4.74 Å². The van der Waals surface area contributed by atoms with Crippen molar-refractivity contribution in [1.82, 2.24) is 4.98 Å². The number of ether oxygens (including phenoxy) is 1. The van der Waals surface area contributed by atoms with Crippen LogP contribution in [0.2, 0.25) is 0 Å². The molecule has 1 aromatic carbocycles. The molecular formula is C24H31NO. The van der Waals surface area contributed by atoms with Gasteiger partial charge in [0.05, 0.1) is 12.8 Å². The molecule has 0 fully saturated rings. The van der Waals surface area contributed by atoms with Crippen LogP contribution in [0.1, 0.15) is 75.6 Å². The minimum absolute atomic E-state index is 0.744. The average molecular weight is 350 g/mol. The van der Waals surface area contributed by atoms with Crippen molar-refractivity contribution in [2.75, 3.05) is 6.61 Å². The van der Waals surface area contributed by atoms with Gasteiger partial charge in [-0.15, -0.1) is 0 Å². The van der Waals surface area contributed by atoms with Crippen molar-refractivity contribution in [3.8, 4) is 17.6 Å². The lowest BCUT2D eigenvalue weighted by atomic mass is 10.0. The van der Waals surface area contributed by atoms with Gasteiger partial charge in [0, 0.05) is 5.56 Å². The maximum absolute atomic E-state index is 5.62. The van der Waals surface area contributed by atoms with E-state index in [9.17, 15) is 0 Å². The van der Waals surface area contributed by atoms with Crippen LogP contribution in [0.4, 0.5) is 0 Å². The molecule has 2 nitrogen and oxygen atoms in total. The second-order valence-corrected chi connectivity index (χ2v) is 6.69. The molecule has 2 rings (SSSR count). The molecule has 2 aromatic rings. The standard InChI is InChI=1S/C24H31NO/c1-3-5-7-8-9-10-21-11-13-22(14-12-21)15-16-23-17-18-24(20-25-23)26-19-6-4-2/h11-14,17-18,20H,3-10,19H2,1-2H3. The van der Waals surface area contributed by atoms with Crippen LogP contribution in [0.3, 0.4) is 0 Å². The summed E-state index contributed by atoms with van der Waals surface area (Å²) < 4.78 is 5.62. The molecule has 138 valence electrons. The fraction of sp³-hybridized carbons (Fsp3) is 0.458. The van der Waals surface area contributed by atoms with Crippen LogP contribution in [0.5, 0.6) is 5.75 Å². The molecule has 0 N–H and O–H groups in total. The molecule has 0 radical (unpaired) electrons. The Hall–Kier alpha value is -2.27. The molecule has 0 unspecified atom stereocenters. The third-order valence-corrected chi connectivity index (χ3v) is 4.36. The van der Waals surface area contributed by atoms with Gasteiger partial charge in [-0.05, 0) is 55.0 Å². The molecule has 0 saturated heterocycles. The SMILES string of the molecule is CCCCCCCc1ccc(C#Cc2ccc(OCCCC)cn2)cc1. The highest BCUT2D eigenvalue weighted by Gasteiger charge is 1.96. The Kier molecular flexibility index (Phi) is 9.36. The first-order valence-corrected chi connectivity index (χ1v) is 10.0. The lowest BCUT2D eigenvalue weighted by Gasteiger charge is -2.03. The normalized spacial score (nSPS) is 10.2. The topological polar surface area (TPSA) is 22.1 Å². The zero-order valence-electron chi connectivity index (χ0n) is 16.3. The third-order valence-electron chi connectivity index (χ3n) is 4.36. The highest BCUT2D eigenvalue weighted by Crippen LogP contribution is 2.11. The van der Waals surface area contributed by atoms with Crippen molar-refractivity contribution < 1.29 is 4.74 Å². The predicted molar refractivity (Wildman–Crippen MR) is 110 cm³/mol. The second kappa shape index (κ2) is 12.1. The molecule has 0 aliphatic carbocycles. The van der Waals surface area contributed by atoms with E-state index in [1.165, 1.54) is 44.1 Å². The highest BCUT2D eigenvalue weighted by atomic mass is 16.5. The van der Waals surface area contributed by atoms with E-state index < -0.39 is 0 Å². The smallest absolute Gasteiger partial charge is 0.137 e. The van der Waals surface area contributed by atoms with Gasteiger partial charge < -0.3 is 4.74 Å². The molecule has 0 bridgehead atoms. The third kappa shape index (κ3) is 7.74. The van der Waals surface area contributed by atoms with Crippen molar-refractivity contribution in [1.29, 1.82) is 0 Å². The van der Waals surface area contributed by atoms with Gasteiger partial charge in [-0.2, -0.15) is 0 Å². The monoisotopic (exact) mass is 349 g/mol. The number of nitrogens with zero attached hydrogens (tertiary/aromatic N) is 1. The average Bonchev–Trinajstić information content (AvgIpc) is 2.68. The molecule has 0 amide bonds. The van der Waals surface area contributed by atoms with Gasteiger partial charge in [-0.25, -0.2) is 4.98 Å². The fourth-order valence-electron chi connectivity index (χ4n) is 2.70. The van der Waals surface area contributed by atoms with E-state index >= 15 is 0 Å². The molecule has 1 aromatic heterocycles. The number of aromatic nitrogens is 1. The van der Waals surface area contributed by atoms with Crippen molar-refractivity contribution in [2.24, 2.45) is 0 Å². The minimum atomic E-state index is 0.744. The van der Waals surface area contributed by atoms with Gasteiger partial charge in [-0.1, -0.05) is 64.0 Å². The first kappa shape index (κ1) is 20.0. The number of pyridine rings is 1. The lowest BCUT2D eigenvalue weighted by Crippen LogP contribution is -1.97.